The van der Waals surface area contributed by atoms with Crippen molar-refractivity contribution in [3.05, 3.63) is 46.3 Å². The summed E-state index contributed by atoms with van der Waals surface area (Å²) < 4.78 is 27.6. The first-order chi connectivity index (χ1) is 15.0. The molecule has 0 aromatic heterocycles. The van der Waals surface area contributed by atoms with Crippen LogP contribution in [0.1, 0.15) is 33.6 Å². The Labute approximate surface area is 191 Å². The number of fused-ring (bicyclic) bond motifs is 2. The molecule has 1 amide bonds. The molecule has 0 atom stereocenters. The lowest BCUT2D eigenvalue weighted by Crippen LogP contribution is -2.56. The van der Waals surface area contributed by atoms with Crippen molar-refractivity contribution in [2.75, 3.05) is 36.5 Å². The number of alkyl halides is 2. The minimum Gasteiger partial charge on any atom is -0.375 e. The van der Waals surface area contributed by atoms with Crippen molar-refractivity contribution < 1.29 is 13.6 Å². The summed E-state index contributed by atoms with van der Waals surface area (Å²) >= 11 is 1.02. The van der Waals surface area contributed by atoms with Crippen LogP contribution in [0.25, 0.3) is 0 Å². The van der Waals surface area contributed by atoms with Crippen LogP contribution in [0.2, 0.25) is 0 Å². The molecule has 0 spiro atoms. The van der Waals surface area contributed by atoms with Crippen LogP contribution in [0.5, 0.6) is 0 Å². The summed E-state index contributed by atoms with van der Waals surface area (Å²) in [5, 5.41) is 3.93. The molecule has 0 bridgehead atoms. The van der Waals surface area contributed by atoms with Gasteiger partial charge in [0.2, 0.25) is 5.91 Å². The van der Waals surface area contributed by atoms with E-state index in [0.717, 1.165) is 56.1 Å². The van der Waals surface area contributed by atoms with Crippen LogP contribution in [0.3, 0.4) is 0 Å². The van der Waals surface area contributed by atoms with Gasteiger partial charge in [-0.25, -0.2) is 13.8 Å². The molecule has 1 saturated heterocycles. The fourth-order valence-corrected chi connectivity index (χ4v) is 5.00. The molecule has 1 N–H and O–H groups in total. The first-order valence-electron chi connectivity index (χ1n) is 10.9. The molecule has 2 aromatic carbocycles. The summed E-state index contributed by atoms with van der Waals surface area (Å²) in [4.78, 5) is 21.7. The molecule has 2 aliphatic rings. The van der Waals surface area contributed by atoms with Crippen molar-refractivity contribution in [1.29, 1.82) is 0 Å². The third-order valence-electron chi connectivity index (χ3n) is 5.46. The van der Waals surface area contributed by atoms with E-state index in [4.69, 9.17) is 4.99 Å². The maximum atomic E-state index is 13.2. The molecular formula is C24H30F2N4OS. The molecule has 172 valence electrons. The van der Waals surface area contributed by atoms with Crippen molar-refractivity contribution >= 4 is 34.3 Å². The summed E-state index contributed by atoms with van der Waals surface area (Å²) in [6.07, 6.45) is 1.26. The average molecular weight is 461 g/mol. The van der Waals surface area contributed by atoms with E-state index in [1.165, 1.54) is 0 Å². The van der Waals surface area contributed by atoms with Gasteiger partial charge in [0.1, 0.15) is 0 Å². The molecule has 5 nitrogen and oxygen atoms in total. The number of halogens is 2. The third kappa shape index (κ3) is 5.28. The van der Waals surface area contributed by atoms with E-state index in [9.17, 15) is 13.6 Å². The Kier molecular flexibility index (Phi) is 6.00. The smallest absolute Gasteiger partial charge is 0.282 e. The highest BCUT2D eigenvalue weighted by atomic mass is 32.1. The minimum atomic E-state index is -2.59. The summed E-state index contributed by atoms with van der Waals surface area (Å²) in [6, 6.07) is 12.0. The minimum absolute atomic E-state index is 0.0704. The standard InChI is InChI=1S/C24H30F2N4OS/c1-23(2,3)28-22(31)6-5-11-29(4)16-7-9-18-20(12-16)32-21-13-17(8-10-19(21)27-18)30-14-24(25,26)15-30/h7-10,12-13,32H,5-6,11,14-15H2,1-4H3,(H,28,31). The van der Waals surface area contributed by atoms with Crippen LogP contribution in [-0.4, -0.2) is 44.1 Å². The summed E-state index contributed by atoms with van der Waals surface area (Å²) in [5.41, 5.74) is 2.57. The number of hydrogen-bond donors (Lipinski definition) is 2. The molecule has 2 aromatic rings. The molecule has 2 aliphatic heterocycles. The third-order valence-corrected chi connectivity index (χ3v) is 6.66. The largest absolute Gasteiger partial charge is 0.375 e. The molecule has 8 heteroatoms. The SMILES string of the molecule is CN(CCCC(=O)NC(C)(C)C)c1ccc2c(c1)=[SH]c1cc(N3CC(F)(F)C3)ccc1N=2. The van der Waals surface area contributed by atoms with E-state index in [2.05, 4.69) is 22.3 Å². The Morgan fingerprint density at radius 2 is 1.97 bits per heavy atom. The van der Waals surface area contributed by atoms with E-state index in [1.54, 1.807) is 4.90 Å². The van der Waals surface area contributed by atoms with Gasteiger partial charge in [-0.05, 0) is 63.6 Å². The highest BCUT2D eigenvalue weighted by Gasteiger charge is 2.43. The van der Waals surface area contributed by atoms with Crippen LogP contribution in [-0.2, 0) is 4.79 Å². The number of nitrogens with one attached hydrogen (secondary N) is 1. The quantitative estimate of drug-likeness (QED) is 0.426. The van der Waals surface area contributed by atoms with Crippen molar-refractivity contribution in [1.82, 2.24) is 5.32 Å². The number of benzene rings is 2. The summed E-state index contributed by atoms with van der Waals surface area (Å²) in [7, 11) is 2.02. The molecule has 0 radical (unpaired) electrons. The molecule has 2 heterocycles. The molecule has 0 aliphatic carbocycles. The van der Waals surface area contributed by atoms with Crippen LogP contribution < -0.4 is 20.5 Å². The Hall–Kier alpha value is -2.48. The van der Waals surface area contributed by atoms with Crippen LogP contribution in [0.15, 0.2) is 46.3 Å². The lowest BCUT2D eigenvalue weighted by atomic mass is 10.1. The van der Waals surface area contributed by atoms with Crippen LogP contribution >= 0.6 is 11.4 Å². The molecule has 1 fully saturated rings. The topological polar surface area (TPSA) is 47.9 Å². The van der Waals surface area contributed by atoms with E-state index in [1.807, 2.05) is 52.1 Å². The fraction of sp³-hybridized carbons (Fsp3) is 0.458. The van der Waals surface area contributed by atoms with Crippen molar-refractivity contribution in [3.8, 4) is 0 Å². The van der Waals surface area contributed by atoms with E-state index in [0.29, 0.717) is 6.42 Å². The average Bonchev–Trinajstić information content (AvgIpc) is 2.68. The highest BCUT2D eigenvalue weighted by molar-refractivity contribution is 7.91. The van der Waals surface area contributed by atoms with Gasteiger partial charge in [-0.1, -0.05) is 0 Å². The summed E-state index contributed by atoms with van der Waals surface area (Å²) in [5.74, 6) is -2.52. The Bertz CT molecular complexity index is 1150. The van der Waals surface area contributed by atoms with Crippen molar-refractivity contribution in [3.63, 3.8) is 0 Å². The van der Waals surface area contributed by atoms with Crippen LogP contribution in [0, 0.1) is 4.51 Å². The van der Waals surface area contributed by atoms with Gasteiger partial charge in [0, 0.05) is 46.3 Å². The predicted octanol–water partition coefficient (Wildman–Crippen LogP) is 4.31. The van der Waals surface area contributed by atoms with Crippen molar-refractivity contribution in [2.45, 2.75) is 50.0 Å². The molecular weight excluding hydrogens is 430 g/mol. The van der Waals surface area contributed by atoms with Gasteiger partial charge in [-0.3, -0.25) is 4.79 Å². The number of nitrogens with zero attached hydrogens (tertiary/aromatic N) is 3. The maximum absolute atomic E-state index is 13.2. The van der Waals surface area contributed by atoms with Crippen LogP contribution in [0.4, 0.5) is 25.8 Å². The lowest BCUT2D eigenvalue weighted by Gasteiger charge is -2.40. The second-order valence-electron chi connectivity index (χ2n) is 9.60. The number of carbonyl (C=O) groups excluding carboxylic acids is 1. The second-order valence-corrected chi connectivity index (χ2v) is 10.8. The predicted molar refractivity (Wildman–Crippen MR) is 127 cm³/mol. The molecule has 0 saturated carbocycles. The second kappa shape index (κ2) is 8.46. The zero-order valence-electron chi connectivity index (χ0n) is 19.0. The number of rotatable bonds is 6. The number of anilines is 2. The summed E-state index contributed by atoms with van der Waals surface area (Å²) in [6.45, 7) is 6.27. The Morgan fingerprint density at radius 3 is 2.66 bits per heavy atom. The van der Waals surface area contributed by atoms with Gasteiger partial charge in [0.15, 0.2) is 0 Å². The van der Waals surface area contributed by atoms with E-state index >= 15 is 0 Å². The van der Waals surface area contributed by atoms with E-state index < -0.39 is 5.92 Å². The number of hydrogen-bond acceptors (Lipinski definition) is 4. The van der Waals surface area contributed by atoms with E-state index in [-0.39, 0.29) is 24.5 Å². The first kappa shape index (κ1) is 22.7. The number of carbonyl (C=O) groups is 1. The Balaban J connectivity index is 1.45. The fourth-order valence-electron chi connectivity index (χ4n) is 3.87. The van der Waals surface area contributed by atoms with Gasteiger partial charge < -0.3 is 15.1 Å². The number of thiol groups is 1. The molecule has 0 unspecified atom stereocenters. The molecule has 4 rings (SSSR count). The first-order valence-corrected chi connectivity index (χ1v) is 11.8. The van der Waals surface area contributed by atoms with Gasteiger partial charge in [-0.2, -0.15) is 11.4 Å². The molecule has 32 heavy (non-hydrogen) atoms. The zero-order chi connectivity index (χ0) is 23.1. The van der Waals surface area contributed by atoms with Crippen molar-refractivity contribution in [2.24, 2.45) is 4.99 Å². The van der Waals surface area contributed by atoms with Gasteiger partial charge in [-0.15, -0.1) is 0 Å². The van der Waals surface area contributed by atoms with Gasteiger partial charge in [0.05, 0.1) is 24.1 Å². The Morgan fingerprint density at radius 1 is 1.22 bits per heavy atom. The van der Waals surface area contributed by atoms with Gasteiger partial charge >= 0.3 is 0 Å². The monoisotopic (exact) mass is 460 g/mol. The zero-order valence-corrected chi connectivity index (χ0v) is 19.8. The highest BCUT2D eigenvalue weighted by Crippen LogP contribution is 2.37. The normalized spacial score (nSPS) is 16.4. The lowest BCUT2D eigenvalue weighted by molar-refractivity contribution is -0.122. The number of amides is 1. The maximum Gasteiger partial charge on any atom is 0.282 e. The van der Waals surface area contributed by atoms with Gasteiger partial charge in [0.25, 0.3) is 5.92 Å².